The van der Waals surface area contributed by atoms with Gasteiger partial charge in [0.1, 0.15) is 29.5 Å². The third kappa shape index (κ3) is 4.89. The van der Waals surface area contributed by atoms with Crippen LogP contribution in [-0.2, 0) is 0 Å². The molecule has 1 aliphatic rings. The summed E-state index contributed by atoms with van der Waals surface area (Å²) in [7, 11) is 2.11. The van der Waals surface area contributed by atoms with E-state index in [2.05, 4.69) is 32.1 Å². The molecule has 0 atom stereocenters. The van der Waals surface area contributed by atoms with Gasteiger partial charge in [-0.15, -0.1) is 0 Å². The fraction of sp³-hybridized carbons (Fsp3) is 0.227. The molecule has 0 spiro atoms. The number of nitrogens with zero attached hydrogens (tertiary/aromatic N) is 4. The van der Waals surface area contributed by atoms with Crippen LogP contribution in [-0.4, -0.2) is 54.0 Å². The molecule has 2 aromatic carbocycles. The fourth-order valence-corrected chi connectivity index (χ4v) is 3.11. The SMILES string of the molecule is CN1CCN(c2cc(NC(=O)c3ccc(Oc4ccccc4)cc3)ncn2)CC1. The van der Waals surface area contributed by atoms with E-state index in [1.54, 1.807) is 24.3 Å². The highest BCUT2D eigenvalue weighted by Crippen LogP contribution is 2.22. The number of piperazine rings is 1. The van der Waals surface area contributed by atoms with E-state index < -0.39 is 0 Å². The number of nitrogens with one attached hydrogen (secondary N) is 1. The van der Waals surface area contributed by atoms with Gasteiger partial charge in [0, 0.05) is 37.8 Å². The van der Waals surface area contributed by atoms with Crippen LogP contribution < -0.4 is 15.0 Å². The zero-order valence-corrected chi connectivity index (χ0v) is 16.3. The summed E-state index contributed by atoms with van der Waals surface area (Å²) in [6, 6.07) is 18.4. The minimum atomic E-state index is -0.223. The molecule has 1 saturated heterocycles. The molecular formula is C22H23N5O2. The molecule has 7 heteroatoms. The molecule has 4 rings (SSSR count). The summed E-state index contributed by atoms with van der Waals surface area (Å²) < 4.78 is 5.76. The quantitative estimate of drug-likeness (QED) is 0.722. The number of aromatic nitrogens is 2. The third-order valence-electron chi connectivity index (χ3n) is 4.82. The molecule has 0 saturated carbocycles. The largest absolute Gasteiger partial charge is 0.457 e. The number of hydrogen-bond donors (Lipinski definition) is 1. The normalized spacial score (nSPS) is 14.4. The lowest BCUT2D eigenvalue weighted by Crippen LogP contribution is -2.44. The Morgan fingerprint density at radius 2 is 1.62 bits per heavy atom. The average Bonchev–Trinajstić information content (AvgIpc) is 2.76. The van der Waals surface area contributed by atoms with E-state index >= 15 is 0 Å². The van der Waals surface area contributed by atoms with Gasteiger partial charge in [0.25, 0.3) is 5.91 Å². The highest BCUT2D eigenvalue weighted by molar-refractivity contribution is 6.03. The zero-order valence-electron chi connectivity index (χ0n) is 16.3. The smallest absolute Gasteiger partial charge is 0.256 e. The van der Waals surface area contributed by atoms with Crippen molar-refractivity contribution in [2.45, 2.75) is 0 Å². The summed E-state index contributed by atoms with van der Waals surface area (Å²) in [6.07, 6.45) is 1.49. The Morgan fingerprint density at radius 3 is 2.34 bits per heavy atom. The Kier molecular flexibility index (Phi) is 5.67. The van der Waals surface area contributed by atoms with Crippen molar-refractivity contribution in [1.82, 2.24) is 14.9 Å². The predicted octanol–water partition coefficient (Wildman–Crippen LogP) is 3.27. The van der Waals surface area contributed by atoms with Crippen LogP contribution in [0.15, 0.2) is 67.0 Å². The zero-order chi connectivity index (χ0) is 20.1. The molecular weight excluding hydrogens is 366 g/mol. The fourth-order valence-electron chi connectivity index (χ4n) is 3.11. The minimum Gasteiger partial charge on any atom is -0.457 e. The maximum absolute atomic E-state index is 12.6. The Balaban J connectivity index is 1.39. The van der Waals surface area contributed by atoms with Crippen molar-refractivity contribution in [3.8, 4) is 11.5 Å². The highest BCUT2D eigenvalue weighted by atomic mass is 16.5. The number of para-hydroxylation sites is 1. The van der Waals surface area contributed by atoms with E-state index in [1.807, 2.05) is 36.4 Å². The second-order valence-corrected chi connectivity index (χ2v) is 6.95. The van der Waals surface area contributed by atoms with Crippen molar-refractivity contribution < 1.29 is 9.53 Å². The molecule has 148 valence electrons. The molecule has 0 aliphatic carbocycles. The topological polar surface area (TPSA) is 70.6 Å². The first kappa shape index (κ1) is 18.9. The van der Waals surface area contributed by atoms with Crippen LogP contribution in [0, 0.1) is 0 Å². The van der Waals surface area contributed by atoms with Crippen molar-refractivity contribution in [2.24, 2.45) is 0 Å². The van der Waals surface area contributed by atoms with Gasteiger partial charge in [-0.25, -0.2) is 9.97 Å². The van der Waals surface area contributed by atoms with Crippen LogP contribution >= 0.6 is 0 Å². The van der Waals surface area contributed by atoms with E-state index in [0.29, 0.717) is 17.1 Å². The number of hydrogen-bond acceptors (Lipinski definition) is 6. The number of carbonyl (C=O) groups excluding carboxylic acids is 1. The van der Waals surface area contributed by atoms with Crippen molar-refractivity contribution in [2.75, 3.05) is 43.4 Å². The molecule has 1 aliphatic heterocycles. The van der Waals surface area contributed by atoms with Gasteiger partial charge < -0.3 is 19.9 Å². The average molecular weight is 389 g/mol. The maximum Gasteiger partial charge on any atom is 0.256 e. The van der Waals surface area contributed by atoms with Crippen molar-refractivity contribution in [3.05, 3.63) is 72.6 Å². The van der Waals surface area contributed by atoms with Crippen molar-refractivity contribution >= 4 is 17.5 Å². The van der Waals surface area contributed by atoms with Crippen molar-refractivity contribution in [1.29, 1.82) is 0 Å². The number of anilines is 2. The second kappa shape index (κ2) is 8.70. The maximum atomic E-state index is 12.6. The standard InChI is InChI=1S/C22H23N5O2/c1-26-11-13-27(14-12-26)21-15-20(23-16-24-21)25-22(28)17-7-9-19(10-8-17)29-18-5-3-2-4-6-18/h2-10,15-16H,11-14H2,1H3,(H,23,24,25,28). The van der Waals surface area contributed by atoms with Gasteiger partial charge in [0.15, 0.2) is 0 Å². The predicted molar refractivity (Wildman–Crippen MR) is 113 cm³/mol. The molecule has 3 aromatic rings. The van der Waals surface area contributed by atoms with E-state index in [-0.39, 0.29) is 5.91 Å². The minimum absolute atomic E-state index is 0.223. The van der Waals surface area contributed by atoms with Crippen molar-refractivity contribution in [3.63, 3.8) is 0 Å². The molecule has 2 heterocycles. The summed E-state index contributed by atoms with van der Waals surface area (Å²) in [5.41, 5.74) is 0.533. The molecule has 0 unspecified atom stereocenters. The van der Waals surface area contributed by atoms with Gasteiger partial charge in [-0.05, 0) is 43.4 Å². The molecule has 0 radical (unpaired) electrons. The number of benzene rings is 2. The van der Waals surface area contributed by atoms with E-state index in [4.69, 9.17) is 4.74 Å². The summed E-state index contributed by atoms with van der Waals surface area (Å²) in [5, 5.41) is 2.85. The lowest BCUT2D eigenvalue weighted by molar-refractivity contribution is 0.102. The van der Waals surface area contributed by atoms with Crippen LogP contribution in [0.2, 0.25) is 0 Å². The number of carbonyl (C=O) groups is 1. The Bertz CT molecular complexity index is 954. The lowest BCUT2D eigenvalue weighted by atomic mass is 10.2. The van der Waals surface area contributed by atoms with E-state index in [9.17, 15) is 4.79 Å². The van der Waals surface area contributed by atoms with Gasteiger partial charge in [0.05, 0.1) is 0 Å². The van der Waals surface area contributed by atoms with Gasteiger partial charge in [-0.3, -0.25) is 4.79 Å². The summed E-state index contributed by atoms with van der Waals surface area (Å²) >= 11 is 0. The third-order valence-corrected chi connectivity index (χ3v) is 4.82. The number of amides is 1. The molecule has 7 nitrogen and oxygen atoms in total. The lowest BCUT2D eigenvalue weighted by Gasteiger charge is -2.33. The Hall–Kier alpha value is -3.45. The molecule has 1 amide bonds. The van der Waals surface area contributed by atoms with E-state index in [1.165, 1.54) is 6.33 Å². The number of likely N-dealkylation sites (N-methyl/N-ethyl adjacent to an activating group) is 1. The Morgan fingerprint density at radius 1 is 0.931 bits per heavy atom. The highest BCUT2D eigenvalue weighted by Gasteiger charge is 2.16. The Labute approximate surface area is 170 Å². The van der Waals surface area contributed by atoms with Crippen LogP contribution in [0.4, 0.5) is 11.6 Å². The summed E-state index contributed by atoms with van der Waals surface area (Å²) in [5.74, 6) is 2.52. The molecule has 1 aromatic heterocycles. The van der Waals surface area contributed by atoms with Gasteiger partial charge in [-0.2, -0.15) is 0 Å². The second-order valence-electron chi connectivity index (χ2n) is 6.95. The van der Waals surface area contributed by atoms with Gasteiger partial charge in [0.2, 0.25) is 0 Å². The first-order valence-corrected chi connectivity index (χ1v) is 9.57. The van der Waals surface area contributed by atoms with Crippen LogP contribution in [0.5, 0.6) is 11.5 Å². The molecule has 29 heavy (non-hydrogen) atoms. The van der Waals surface area contributed by atoms with Gasteiger partial charge >= 0.3 is 0 Å². The van der Waals surface area contributed by atoms with Crippen LogP contribution in [0.3, 0.4) is 0 Å². The summed E-state index contributed by atoms with van der Waals surface area (Å²) in [4.78, 5) is 25.6. The first-order chi connectivity index (χ1) is 14.2. The van der Waals surface area contributed by atoms with Crippen LogP contribution in [0.25, 0.3) is 0 Å². The number of rotatable bonds is 5. The van der Waals surface area contributed by atoms with Gasteiger partial charge in [-0.1, -0.05) is 18.2 Å². The van der Waals surface area contributed by atoms with Crippen LogP contribution in [0.1, 0.15) is 10.4 Å². The first-order valence-electron chi connectivity index (χ1n) is 9.57. The number of ether oxygens (including phenoxy) is 1. The molecule has 1 fully saturated rings. The summed E-state index contributed by atoms with van der Waals surface area (Å²) in [6.45, 7) is 3.79. The monoisotopic (exact) mass is 389 g/mol. The molecule has 0 bridgehead atoms. The molecule has 1 N–H and O–H groups in total. The van der Waals surface area contributed by atoms with E-state index in [0.717, 1.165) is 37.7 Å².